The molecule has 4 heteroatoms. The Kier molecular flexibility index (Phi) is 2.08. The highest BCUT2D eigenvalue weighted by Gasteiger charge is 2.03. The van der Waals surface area contributed by atoms with E-state index >= 15 is 0 Å². The van der Waals surface area contributed by atoms with Crippen molar-refractivity contribution in [1.82, 2.24) is 9.97 Å². The summed E-state index contributed by atoms with van der Waals surface area (Å²) in [6.07, 6.45) is 0. The van der Waals surface area contributed by atoms with Crippen molar-refractivity contribution >= 4 is 27.8 Å². The molecule has 3 rings (SSSR count). The number of fused-ring (bicyclic) bond motifs is 2. The molecule has 0 fully saturated rings. The van der Waals surface area contributed by atoms with Crippen LogP contribution in [0.15, 0.2) is 36.4 Å². The number of rotatable bonds is 1. The summed E-state index contributed by atoms with van der Waals surface area (Å²) in [5.74, 6) is 0.773. The second-order valence-corrected chi connectivity index (χ2v) is 3.83. The molecule has 0 amide bonds. The van der Waals surface area contributed by atoms with Crippen LogP contribution in [0.1, 0.15) is 0 Å². The maximum atomic E-state index is 5.73. The third-order valence-corrected chi connectivity index (χ3v) is 2.66. The Morgan fingerprint density at radius 2 is 1.53 bits per heavy atom. The molecular formula is C13H11N3O. The summed E-state index contributed by atoms with van der Waals surface area (Å²) in [6.45, 7) is 0. The van der Waals surface area contributed by atoms with Crippen molar-refractivity contribution in [2.24, 2.45) is 0 Å². The highest BCUT2D eigenvalue weighted by Crippen LogP contribution is 2.21. The molecular weight excluding hydrogens is 214 g/mol. The van der Waals surface area contributed by atoms with E-state index < -0.39 is 0 Å². The van der Waals surface area contributed by atoms with Crippen LogP contribution in [0, 0.1) is 0 Å². The molecule has 0 spiro atoms. The molecule has 1 heterocycles. The summed E-state index contributed by atoms with van der Waals surface area (Å²) in [4.78, 5) is 9.05. The summed E-state index contributed by atoms with van der Waals surface area (Å²) in [7, 11) is 1.63. The second-order valence-electron chi connectivity index (χ2n) is 3.83. The SMILES string of the molecule is COc1ccc2nc3ccc(N)cc3nc2c1. The standard InChI is InChI=1S/C13H11N3O/c1-17-9-3-5-11-13(7-9)16-12-6-8(14)2-4-10(12)15-11/h2-7H,14H2,1H3. The van der Waals surface area contributed by atoms with E-state index in [-0.39, 0.29) is 0 Å². The fourth-order valence-corrected chi connectivity index (χ4v) is 1.80. The van der Waals surface area contributed by atoms with Gasteiger partial charge < -0.3 is 10.5 Å². The summed E-state index contributed by atoms with van der Waals surface area (Å²) in [5, 5.41) is 0. The molecule has 0 saturated heterocycles. The lowest BCUT2D eigenvalue weighted by Crippen LogP contribution is -1.91. The molecule has 2 N–H and O–H groups in total. The van der Waals surface area contributed by atoms with Crippen LogP contribution in [0.4, 0.5) is 5.69 Å². The number of benzene rings is 2. The van der Waals surface area contributed by atoms with Gasteiger partial charge in [-0.05, 0) is 30.3 Å². The largest absolute Gasteiger partial charge is 0.497 e. The predicted octanol–water partition coefficient (Wildman–Crippen LogP) is 2.37. The van der Waals surface area contributed by atoms with Gasteiger partial charge >= 0.3 is 0 Å². The Bertz CT molecular complexity index is 709. The summed E-state index contributed by atoms with van der Waals surface area (Å²) in [5.41, 5.74) is 9.72. The van der Waals surface area contributed by atoms with Crippen LogP contribution in [-0.2, 0) is 0 Å². The Morgan fingerprint density at radius 3 is 2.29 bits per heavy atom. The molecule has 4 nitrogen and oxygen atoms in total. The number of hydrogen-bond donors (Lipinski definition) is 1. The lowest BCUT2D eigenvalue weighted by Gasteiger charge is -2.04. The maximum Gasteiger partial charge on any atom is 0.121 e. The van der Waals surface area contributed by atoms with E-state index in [1.807, 2.05) is 36.4 Å². The molecule has 0 bridgehead atoms. The number of nitrogens with two attached hydrogens (primary N) is 1. The number of methoxy groups -OCH3 is 1. The van der Waals surface area contributed by atoms with Crippen molar-refractivity contribution in [1.29, 1.82) is 0 Å². The van der Waals surface area contributed by atoms with E-state index in [0.717, 1.165) is 27.8 Å². The molecule has 0 saturated carbocycles. The van der Waals surface area contributed by atoms with Gasteiger partial charge in [-0.25, -0.2) is 9.97 Å². The van der Waals surface area contributed by atoms with Gasteiger partial charge in [0.2, 0.25) is 0 Å². The zero-order chi connectivity index (χ0) is 11.8. The fraction of sp³-hybridized carbons (Fsp3) is 0.0769. The minimum Gasteiger partial charge on any atom is -0.497 e. The maximum absolute atomic E-state index is 5.73. The smallest absolute Gasteiger partial charge is 0.121 e. The van der Waals surface area contributed by atoms with Crippen molar-refractivity contribution < 1.29 is 4.74 Å². The highest BCUT2D eigenvalue weighted by atomic mass is 16.5. The van der Waals surface area contributed by atoms with Gasteiger partial charge in [0.1, 0.15) is 5.75 Å². The summed E-state index contributed by atoms with van der Waals surface area (Å²) < 4.78 is 5.17. The minimum absolute atomic E-state index is 0.689. The molecule has 0 aliphatic heterocycles. The molecule has 1 aromatic heterocycles. The first-order chi connectivity index (χ1) is 8.26. The first-order valence-corrected chi connectivity index (χ1v) is 5.27. The van der Waals surface area contributed by atoms with Crippen LogP contribution in [0.5, 0.6) is 5.75 Å². The quantitative estimate of drug-likeness (QED) is 0.510. The molecule has 17 heavy (non-hydrogen) atoms. The number of anilines is 1. The average Bonchev–Trinajstić information content (AvgIpc) is 2.35. The van der Waals surface area contributed by atoms with Crippen LogP contribution < -0.4 is 10.5 Å². The predicted molar refractivity (Wildman–Crippen MR) is 68.0 cm³/mol. The third kappa shape index (κ3) is 1.63. The molecule has 0 atom stereocenters. The first kappa shape index (κ1) is 9.84. The van der Waals surface area contributed by atoms with Gasteiger partial charge in [-0.2, -0.15) is 0 Å². The molecule has 0 unspecified atom stereocenters. The lowest BCUT2D eigenvalue weighted by atomic mass is 10.2. The topological polar surface area (TPSA) is 61.0 Å². The monoisotopic (exact) mass is 225 g/mol. The third-order valence-electron chi connectivity index (χ3n) is 2.66. The van der Waals surface area contributed by atoms with E-state index in [0.29, 0.717) is 5.69 Å². The highest BCUT2D eigenvalue weighted by molar-refractivity contribution is 5.88. The van der Waals surface area contributed by atoms with Crippen LogP contribution in [0.2, 0.25) is 0 Å². The number of hydrogen-bond acceptors (Lipinski definition) is 4. The van der Waals surface area contributed by atoms with Gasteiger partial charge in [0.05, 0.1) is 29.2 Å². The van der Waals surface area contributed by atoms with Crippen LogP contribution >= 0.6 is 0 Å². The Hall–Kier alpha value is -2.36. The van der Waals surface area contributed by atoms with Gasteiger partial charge in [-0.15, -0.1) is 0 Å². The number of nitrogen functional groups attached to an aromatic ring is 1. The minimum atomic E-state index is 0.689. The average molecular weight is 225 g/mol. The van der Waals surface area contributed by atoms with Crippen molar-refractivity contribution in [3.05, 3.63) is 36.4 Å². The second kappa shape index (κ2) is 3.59. The van der Waals surface area contributed by atoms with Crippen LogP contribution in [0.25, 0.3) is 22.1 Å². The number of nitrogens with zero attached hydrogens (tertiary/aromatic N) is 2. The summed E-state index contributed by atoms with van der Waals surface area (Å²) >= 11 is 0. The zero-order valence-corrected chi connectivity index (χ0v) is 9.34. The Labute approximate surface area is 98.1 Å². The zero-order valence-electron chi connectivity index (χ0n) is 9.34. The van der Waals surface area contributed by atoms with E-state index in [9.17, 15) is 0 Å². The normalized spacial score (nSPS) is 10.9. The van der Waals surface area contributed by atoms with Gasteiger partial charge in [-0.3, -0.25) is 0 Å². The van der Waals surface area contributed by atoms with Crippen LogP contribution in [-0.4, -0.2) is 17.1 Å². The fourth-order valence-electron chi connectivity index (χ4n) is 1.80. The number of aromatic nitrogens is 2. The molecule has 0 aliphatic carbocycles. The summed E-state index contributed by atoms with van der Waals surface area (Å²) in [6, 6.07) is 11.2. The van der Waals surface area contributed by atoms with Gasteiger partial charge in [-0.1, -0.05) is 0 Å². The number of ether oxygens (including phenoxy) is 1. The lowest BCUT2D eigenvalue weighted by molar-refractivity contribution is 0.415. The van der Waals surface area contributed by atoms with E-state index in [1.165, 1.54) is 0 Å². The van der Waals surface area contributed by atoms with Crippen molar-refractivity contribution in [3.8, 4) is 5.75 Å². The molecule has 0 aliphatic rings. The van der Waals surface area contributed by atoms with E-state index in [1.54, 1.807) is 7.11 Å². The van der Waals surface area contributed by atoms with E-state index in [4.69, 9.17) is 10.5 Å². The molecule has 84 valence electrons. The molecule has 3 aromatic rings. The van der Waals surface area contributed by atoms with Crippen LogP contribution in [0.3, 0.4) is 0 Å². The van der Waals surface area contributed by atoms with Crippen molar-refractivity contribution in [2.45, 2.75) is 0 Å². The molecule has 0 radical (unpaired) electrons. The van der Waals surface area contributed by atoms with Crippen molar-refractivity contribution in [2.75, 3.05) is 12.8 Å². The van der Waals surface area contributed by atoms with Gasteiger partial charge in [0, 0.05) is 11.8 Å². The van der Waals surface area contributed by atoms with Gasteiger partial charge in [0.15, 0.2) is 0 Å². The Balaban J connectivity index is 2.36. The van der Waals surface area contributed by atoms with Gasteiger partial charge in [0.25, 0.3) is 0 Å². The molecule has 2 aromatic carbocycles. The Morgan fingerprint density at radius 1 is 0.882 bits per heavy atom. The van der Waals surface area contributed by atoms with Crippen molar-refractivity contribution in [3.63, 3.8) is 0 Å². The van der Waals surface area contributed by atoms with E-state index in [2.05, 4.69) is 9.97 Å². The first-order valence-electron chi connectivity index (χ1n) is 5.27.